The summed E-state index contributed by atoms with van der Waals surface area (Å²) in [6, 6.07) is 12.1. The number of hydrogen-bond acceptors (Lipinski definition) is 4. The minimum Gasteiger partial charge on any atom is -0.465 e. The third-order valence-electron chi connectivity index (χ3n) is 3.68. The molecule has 0 bridgehead atoms. The van der Waals surface area contributed by atoms with Crippen LogP contribution in [0.2, 0.25) is 0 Å². The minimum absolute atomic E-state index is 0.311. The van der Waals surface area contributed by atoms with E-state index in [4.69, 9.17) is 0 Å². The number of carbonyl (C=O) groups excluding carboxylic acids is 2. The van der Waals surface area contributed by atoms with Crippen molar-refractivity contribution in [3.05, 3.63) is 71.2 Å². The highest BCUT2D eigenvalue weighted by Gasteiger charge is 2.14. The largest absolute Gasteiger partial charge is 0.465 e. The summed E-state index contributed by atoms with van der Waals surface area (Å²) in [7, 11) is 1.29. The van der Waals surface area contributed by atoms with Gasteiger partial charge in [-0.15, -0.1) is 0 Å². The van der Waals surface area contributed by atoms with E-state index in [1.54, 1.807) is 31.2 Å². The summed E-state index contributed by atoms with van der Waals surface area (Å²) in [5, 5.41) is 3.14. The van der Waals surface area contributed by atoms with Gasteiger partial charge in [0, 0.05) is 16.8 Å². The van der Waals surface area contributed by atoms with Crippen LogP contribution in [0.15, 0.2) is 48.5 Å². The van der Waals surface area contributed by atoms with Crippen LogP contribution < -0.4 is 5.32 Å². The van der Waals surface area contributed by atoms with Crippen molar-refractivity contribution in [3.63, 3.8) is 0 Å². The first-order valence-corrected chi connectivity index (χ1v) is 7.54. The zero-order valence-electron chi connectivity index (χ0n) is 13.7. The molecule has 0 saturated carbocycles. The summed E-state index contributed by atoms with van der Waals surface area (Å²) in [6.45, 7) is 1.76. The SMILES string of the molecule is COC(=O)c1cccc(NC(=O)c2cc(C)nc3ccc(F)cc23)c1. The topological polar surface area (TPSA) is 68.3 Å². The van der Waals surface area contributed by atoms with E-state index in [0.29, 0.717) is 33.4 Å². The number of fused-ring (bicyclic) bond motifs is 1. The zero-order chi connectivity index (χ0) is 18.0. The van der Waals surface area contributed by atoms with E-state index in [1.807, 2.05) is 0 Å². The number of anilines is 1. The summed E-state index contributed by atoms with van der Waals surface area (Å²) in [6.07, 6.45) is 0. The lowest BCUT2D eigenvalue weighted by molar-refractivity contribution is 0.0600. The molecule has 3 aromatic rings. The maximum absolute atomic E-state index is 13.6. The van der Waals surface area contributed by atoms with E-state index < -0.39 is 17.7 Å². The van der Waals surface area contributed by atoms with Gasteiger partial charge in [0.05, 0.1) is 23.8 Å². The molecule has 0 radical (unpaired) electrons. The van der Waals surface area contributed by atoms with Crippen LogP contribution in [0, 0.1) is 12.7 Å². The fourth-order valence-corrected chi connectivity index (χ4v) is 2.56. The van der Waals surface area contributed by atoms with Gasteiger partial charge in [0.15, 0.2) is 0 Å². The van der Waals surface area contributed by atoms with E-state index in [9.17, 15) is 14.0 Å². The monoisotopic (exact) mass is 338 g/mol. The van der Waals surface area contributed by atoms with Gasteiger partial charge in [-0.25, -0.2) is 9.18 Å². The number of ether oxygens (including phenoxy) is 1. The average molecular weight is 338 g/mol. The molecular weight excluding hydrogens is 323 g/mol. The predicted molar refractivity (Wildman–Crippen MR) is 92.2 cm³/mol. The van der Waals surface area contributed by atoms with E-state index >= 15 is 0 Å². The van der Waals surface area contributed by atoms with Gasteiger partial charge in [0.25, 0.3) is 5.91 Å². The normalized spacial score (nSPS) is 10.5. The Balaban J connectivity index is 1.98. The number of esters is 1. The van der Waals surface area contributed by atoms with Crippen LogP contribution in [0.5, 0.6) is 0 Å². The average Bonchev–Trinajstić information content (AvgIpc) is 2.60. The van der Waals surface area contributed by atoms with Crippen molar-refractivity contribution in [1.82, 2.24) is 4.98 Å². The van der Waals surface area contributed by atoms with Crippen molar-refractivity contribution in [3.8, 4) is 0 Å². The Morgan fingerprint density at radius 2 is 1.92 bits per heavy atom. The molecule has 1 heterocycles. The fraction of sp³-hybridized carbons (Fsp3) is 0.105. The van der Waals surface area contributed by atoms with E-state index in [0.717, 1.165) is 0 Å². The summed E-state index contributed by atoms with van der Waals surface area (Å²) in [5.41, 5.74) is 2.25. The zero-order valence-corrected chi connectivity index (χ0v) is 13.7. The van der Waals surface area contributed by atoms with Crippen molar-refractivity contribution >= 4 is 28.5 Å². The molecule has 0 aliphatic rings. The molecule has 0 spiro atoms. The molecule has 0 fully saturated rings. The number of amides is 1. The number of halogens is 1. The van der Waals surface area contributed by atoms with Gasteiger partial charge in [0.2, 0.25) is 0 Å². The fourth-order valence-electron chi connectivity index (χ4n) is 2.56. The predicted octanol–water partition coefficient (Wildman–Crippen LogP) is 3.72. The van der Waals surface area contributed by atoms with E-state index in [2.05, 4.69) is 15.0 Å². The van der Waals surface area contributed by atoms with Crippen molar-refractivity contribution < 1.29 is 18.7 Å². The highest BCUT2D eigenvalue weighted by Crippen LogP contribution is 2.21. The third-order valence-corrected chi connectivity index (χ3v) is 3.68. The Kier molecular flexibility index (Phi) is 4.43. The molecule has 1 amide bonds. The summed E-state index contributed by atoms with van der Waals surface area (Å²) in [5.74, 6) is -1.36. The first-order valence-electron chi connectivity index (χ1n) is 7.54. The molecule has 6 heteroatoms. The lowest BCUT2D eigenvalue weighted by Gasteiger charge is -2.10. The highest BCUT2D eigenvalue weighted by atomic mass is 19.1. The lowest BCUT2D eigenvalue weighted by atomic mass is 10.1. The number of aryl methyl sites for hydroxylation is 1. The number of nitrogens with one attached hydrogen (secondary N) is 1. The van der Waals surface area contributed by atoms with Crippen LogP contribution in [-0.2, 0) is 4.74 Å². The molecule has 1 N–H and O–H groups in total. The summed E-state index contributed by atoms with van der Waals surface area (Å²) < 4.78 is 18.2. The van der Waals surface area contributed by atoms with E-state index in [-0.39, 0.29) is 0 Å². The van der Waals surface area contributed by atoms with Gasteiger partial charge in [-0.3, -0.25) is 9.78 Å². The van der Waals surface area contributed by atoms with Gasteiger partial charge in [-0.2, -0.15) is 0 Å². The van der Waals surface area contributed by atoms with Gasteiger partial charge in [-0.05, 0) is 49.4 Å². The smallest absolute Gasteiger partial charge is 0.337 e. The number of nitrogens with zero attached hydrogens (tertiary/aromatic N) is 1. The summed E-state index contributed by atoms with van der Waals surface area (Å²) >= 11 is 0. The minimum atomic E-state index is -0.497. The van der Waals surface area contributed by atoms with Gasteiger partial charge in [0.1, 0.15) is 5.82 Å². The number of benzene rings is 2. The maximum atomic E-state index is 13.6. The standard InChI is InChI=1S/C19H15FN2O3/c1-11-8-16(15-10-13(20)6-7-17(15)21-11)18(23)22-14-5-3-4-12(9-14)19(24)25-2/h3-10H,1-2H3,(H,22,23). The Labute approximate surface area is 143 Å². The number of hydrogen-bond donors (Lipinski definition) is 1. The van der Waals surface area contributed by atoms with Crippen molar-refractivity contribution in [2.24, 2.45) is 0 Å². The molecule has 25 heavy (non-hydrogen) atoms. The molecule has 1 aromatic heterocycles. The van der Waals surface area contributed by atoms with Crippen LogP contribution in [0.1, 0.15) is 26.4 Å². The first kappa shape index (κ1) is 16.6. The van der Waals surface area contributed by atoms with Crippen molar-refractivity contribution in [2.45, 2.75) is 6.92 Å². The quantitative estimate of drug-likeness (QED) is 0.739. The lowest BCUT2D eigenvalue weighted by Crippen LogP contribution is -2.14. The molecule has 0 saturated heterocycles. The van der Waals surface area contributed by atoms with Gasteiger partial charge in [-0.1, -0.05) is 6.07 Å². The molecule has 2 aromatic carbocycles. The van der Waals surface area contributed by atoms with Crippen LogP contribution >= 0.6 is 0 Å². The molecule has 126 valence electrons. The Bertz CT molecular complexity index is 986. The van der Waals surface area contributed by atoms with Gasteiger partial charge >= 0.3 is 5.97 Å². The van der Waals surface area contributed by atoms with Crippen molar-refractivity contribution in [1.29, 1.82) is 0 Å². The molecule has 0 aliphatic heterocycles. The Hall–Kier alpha value is -3.28. The number of aromatic nitrogens is 1. The maximum Gasteiger partial charge on any atom is 0.337 e. The molecular formula is C19H15FN2O3. The number of carbonyl (C=O) groups is 2. The number of pyridine rings is 1. The molecule has 0 atom stereocenters. The molecule has 0 unspecified atom stereocenters. The Morgan fingerprint density at radius 3 is 2.68 bits per heavy atom. The van der Waals surface area contributed by atoms with Crippen LogP contribution in [0.4, 0.5) is 10.1 Å². The second-order valence-electron chi connectivity index (χ2n) is 5.50. The van der Waals surface area contributed by atoms with Crippen LogP contribution in [0.25, 0.3) is 10.9 Å². The van der Waals surface area contributed by atoms with Crippen molar-refractivity contribution in [2.75, 3.05) is 12.4 Å². The van der Waals surface area contributed by atoms with Crippen LogP contribution in [-0.4, -0.2) is 24.0 Å². The second-order valence-corrected chi connectivity index (χ2v) is 5.50. The van der Waals surface area contributed by atoms with E-state index in [1.165, 1.54) is 31.4 Å². The molecule has 3 rings (SSSR count). The van der Waals surface area contributed by atoms with Gasteiger partial charge < -0.3 is 10.1 Å². The molecule has 5 nitrogen and oxygen atoms in total. The number of rotatable bonds is 3. The Morgan fingerprint density at radius 1 is 1.12 bits per heavy atom. The second kappa shape index (κ2) is 6.68. The highest BCUT2D eigenvalue weighted by molar-refractivity contribution is 6.12. The summed E-state index contributed by atoms with van der Waals surface area (Å²) in [4.78, 5) is 28.6. The third kappa shape index (κ3) is 3.47. The molecule has 0 aliphatic carbocycles. The first-order chi connectivity index (χ1) is 12.0. The number of methoxy groups -OCH3 is 1. The van der Waals surface area contributed by atoms with Crippen LogP contribution in [0.3, 0.4) is 0 Å².